The highest BCUT2D eigenvalue weighted by atomic mass is 16.4. The lowest BCUT2D eigenvalue weighted by Crippen LogP contribution is -2.00. The fourth-order valence-electron chi connectivity index (χ4n) is 1.75. The number of rotatable bonds is 3. The van der Waals surface area contributed by atoms with Crippen LogP contribution in [0.3, 0.4) is 0 Å². The zero-order valence-corrected chi connectivity index (χ0v) is 9.95. The van der Waals surface area contributed by atoms with E-state index in [1.807, 2.05) is 30.3 Å². The van der Waals surface area contributed by atoms with Crippen LogP contribution in [-0.2, 0) is 0 Å². The van der Waals surface area contributed by atoms with Gasteiger partial charge in [-0.05, 0) is 17.2 Å². The van der Waals surface area contributed by atoms with Crippen LogP contribution < -0.4 is 0 Å². The minimum absolute atomic E-state index is 0.185. The molecule has 0 aromatic heterocycles. The summed E-state index contributed by atoms with van der Waals surface area (Å²) in [4.78, 5) is 11.1. The molecule has 0 heterocycles. The normalized spacial score (nSPS) is 10.7. The van der Waals surface area contributed by atoms with E-state index in [0.29, 0.717) is 0 Å². The first-order valence-electron chi connectivity index (χ1n) is 5.60. The molecule has 0 aliphatic carbocycles. The lowest BCUT2D eigenvalue weighted by atomic mass is 10.0. The Bertz CT molecular complexity index is 630. The molecule has 0 saturated heterocycles. The molecule has 3 N–H and O–H groups in total. The van der Waals surface area contributed by atoms with Crippen molar-refractivity contribution in [1.29, 1.82) is 0 Å². The number of carbonyl (C=O) groups is 1. The monoisotopic (exact) mass is 256 g/mol. The highest BCUT2D eigenvalue weighted by Crippen LogP contribution is 2.28. The predicted octanol–water partition coefficient (Wildman–Crippen LogP) is 2.97. The van der Waals surface area contributed by atoms with Gasteiger partial charge in [-0.15, -0.1) is 0 Å². The highest BCUT2D eigenvalue weighted by molar-refractivity contribution is 5.96. The summed E-state index contributed by atoms with van der Waals surface area (Å²) in [6.45, 7) is 0. The molecule has 0 aliphatic heterocycles. The average molecular weight is 256 g/mol. The zero-order chi connectivity index (χ0) is 13.8. The smallest absolute Gasteiger partial charge is 0.340 e. The van der Waals surface area contributed by atoms with E-state index in [1.54, 1.807) is 6.08 Å². The first-order chi connectivity index (χ1) is 9.08. The molecule has 2 rings (SSSR count). The summed E-state index contributed by atoms with van der Waals surface area (Å²) in [7, 11) is 0. The fraction of sp³-hybridized carbons (Fsp3) is 0. The van der Waals surface area contributed by atoms with Crippen LogP contribution in [0.15, 0.2) is 42.5 Å². The van der Waals surface area contributed by atoms with Crippen LogP contribution in [0, 0.1) is 0 Å². The van der Waals surface area contributed by atoms with Gasteiger partial charge in [0.05, 0.1) is 0 Å². The van der Waals surface area contributed by atoms with Crippen LogP contribution in [0.1, 0.15) is 21.5 Å². The topological polar surface area (TPSA) is 77.8 Å². The summed E-state index contributed by atoms with van der Waals surface area (Å²) in [5, 5.41) is 28.0. The lowest BCUT2D eigenvalue weighted by Gasteiger charge is -2.05. The maximum absolute atomic E-state index is 11.1. The maximum atomic E-state index is 11.1. The van der Waals surface area contributed by atoms with Crippen LogP contribution >= 0.6 is 0 Å². The number of aromatic carboxylic acids is 1. The van der Waals surface area contributed by atoms with Crippen LogP contribution in [0.25, 0.3) is 12.2 Å². The van der Waals surface area contributed by atoms with Gasteiger partial charge in [0.2, 0.25) is 0 Å². The number of aromatic hydroxyl groups is 2. The van der Waals surface area contributed by atoms with Gasteiger partial charge in [0, 0.05) is 6.07 Å². The number of phenols is 2. The van der Waals surface area contributed by atoms with Crippen LogP contribution in [0.2, 0.25) is 0 Å². The molecule has 2 aromatic rings. The Labute approximate surface area is 109 Å². The maximum Gasteiger partial charge on any atom is 0.340 e. The summed E-state index contributed by atoms with van der Waals surface area (Å²) in [5.74, 6) is -1.89. The molecule has 0 atom stereocenters. The van der Waals surface area contributed by atoms with Crippen molar-refractivity contribution in [3.63, 3.8) is 0 Å². The van der Waals surface area contributed by atoms with Gasteiger partial charge >= 0.3 is 5.97 Å². The van der Waals surface area contributed by atoms with Gasteiger partial charge in [0.15, 0.2) is 0 Å². The molecule has 19 heavy (non-hydrogen) atoms. The molecule has 0 saturated carbocycles. The molecule has 96 valence electrons. The first-order valence-corrected chi connectivity index (χ1v) is 5.60. The number of phenolic OH excluding ortho intramolecular Hbond substituents is 1. The molecule has 0 fully saturated rings. The third-order valence-electron chi connectivity index (χ3n) is 2.60. The second kappa shape index (κ2) is 5.27. The highest BCUT2D eigenvalue weighted by Gasteiger charge is 2.15. The van der Waals surface area contributed by atoms with Crippen molar-refractivity contribution in [2.45, 2.75) is 0 Å². The van der Waals surface area contributed by atoms with Crippen molar-refractivity contribution in [1.82, 2.24) is 0 Å². The predicted molar refractivity (Wildman–Crippen MR) is 72.1 cm³/mol. The summed E-state index contributed by atoms with van der Waals surface area (Å²) >= 11 is 0. The largest absolute Gasteiger partial charge is 0.508 e. The Morgan fingerprint density at radius 3 is 2.32 bits per heavy atom. The Morgan fingerprint density at radius 1 is 1.00 bits per heavy atom. The van der Waals surface area contributed by atoms with E-state index in [0.717, 1.165) is 11.6 Å². The van der Waals surface area contributed by atoms with Crippen LogP contribution in [0.4, 0.5) is 0 Å². The Balaban J connectivity index is 2.45. The van der Waals surface area contributed by atoms with E-state index in [2.05, 4.69) is 0 Å². The SMILES string of the molecule is O=C(O)c1c(O)cc(O)cc1/C=C/c1ccccc1. The molecular weight excluding hydrogens is 244 g/mol. The van der Waals surface area contributed by atoms with Crippen molar-refractivity contribution in [2.24, 2.45) is 0 Å². The number of carboxylic acids is 1. The van der Waals surface area contributed by atoms with Crippen molar-refractivity contribution < 1.29 is 20.1 Å². The van der Waals surface area contributed by atoms with Gasteiger partial charge in [0.1, 0.15) is 17.1 Å². The van der Waals surface area contributed by atoms with E-state index >= 15 is 0 Å². The summed E-state index contributed by atoms with van der Waals surface area (Å²) in [6, 6.07) is 11.6. The first kappa shape index (κ1) is 12.7. The summed E-state index contributed by atoms with van der Waals surface area (Å²) in [5.41, 5.74) is 0.903. The van der Waals surface area contributed by atoms with Gasteiger partial charge in [0.25, 0.3) is 0 Å². The molecule has 0 radical (unpaired) electrons. The van der Waals surface area contributed by atoms with Gasteiger partial charge < -0.3 is 15.3 Å². The molecule has 0 unspecified atom stereocenters. The molecule has 4 heteroatoms. The summed E-state index contributed by atoms with van der Waals surface area (Å²) in [6.07, 6.45) is 3.25. The third-order valence-corrected chi connectivity index (χ3v) is 2.60. The van der Waals surface area contributed by atoms with E-state index in [9.17, 15) is 15.0 Å². The second-order valence-electron chi connectivity index (χ2n) is 3.98. The van der Waals surface area contributed by atoms with Crippen molar-refractivity contribution in [2.75, 3.05) is 0 Å². The fourth-order valence-corrected chi connectivity index (χ4v) is 1.75. The van der Waals surface area contributed by atoms with Crippen LogP contribution in [-0.4, -0.2) is 21.3 Å². The number of hydrogen-bond acceptors (Lipinski definition) is 3. The molecule has 0 amide bonds. The van der Waals surface area contributed by atoms with Crippen molar-refractivity contribution in [3.8, 4) is 11.5 Å². The van der Waals surface area contributed by atoms with Gasteiger partial charge in [-0.2, -0.15) is 0 Å². The molecule has 0 aliphatic rings. The van der Waals surface area contributed by atoms with Crippen molar-refractivity contribution >= 4 is 18.1 Å². The van der Waals surface area contributed by atoms with E-state index < -0.39 is 11.7 Å². The van der Waals surface area contributed by atoms with E-state index in [1.165, 1.54) is 12.1 Å². The van der Waals surface area contributed by atoms with Gasteiger partial charge in [-0.25, -0.2) is 4.79 Å². The molecule has 0 bridgehead atoms. The van der Waals surface area contributed by atoms with Gasteiger partial charge in [-0.3, -0.25) is 0 Å². The molecular formula is C15H12O4. The third kappa shape index (κ3) is 2.93. The summed E-state index contributed by atoms with van der Waals surface area (Å²) < 4.78 is 0. The minimum Gasteiger partial charge on any atom is -0.508 e. The molecule has 4 nitrogen and oxygen atoms in total. The van der Waals surface area contributed by atoms with E-state index in [4.69, 9.17) is 5.11 Å². The zero-order valence-electron chi connectivity index (χ0n) is 9.95. The lowest BCUT2D eigenvalue weighted by molar-refractivity contribution is 0.0693. The van der Waals surface area contributed by atoms with Gasteiger partial charge in [-0.1, -0.05) is 42.5 Å². The van der Waals surface area contributed by atoms with E-state index in [-0.39, 0.29) is 16.9 Å². The molecule has 2 aromatic carbocycles. The van der Waals surface area contributed by atoms with Crippen molar-refractivity contribution in [3.05, 3.63) is 59.2 Å². The number of benzene rings is 2. The van der Waals surface area contributed by atoms with Crippen LogP contribution in [0.5, 0.6) is 11.5 Å². The second-order valence-corrected chi connectivity index (χ2v) is 3.98. The average Bonchev–Trinajstić information content (AvgIpc) is 2.36. The Kier molecular flexibility index (Phi) is 3.52. The number of carboxylic acid groups (broad SMARTS) is 1. The Hall–Kier alpha value is -2.75. The number of hydrogen-bond donors (Lipinski definition) is 3. The molecule has 0 spiro atoms. The standard InChI is InChI=1S/C15H12O4/c16-12-8-11(14(15(18)19)13(17)9-12)7-6-10-4-2-1-3-5-10/h1-9,16-17H,(H,18,19)/b7-6+. The quantitative estimate of drug-likeness (QED) is 0.738. The Morgan fingerprint density at radius 2 is 1.68 bits per heavy atom. The minimum atomic E-state index is -1.25.